The molecule has 152 valence electrons. The van der Waals surface area contributed by atoms with Gasteiger partial charge in [-0.3, -0.25) is 19.3 Å². The molecule has 1 aromatic rings. The first-order valence-corrected chi connectivity index (χ1v) is 10.2. The number of nitrogens with zero attached hydrogens (tertiary/aromatic N) is 2. The summed E-state index contributed by atoms with van der Waals surface area (Å²) in [4.78, 5) is 40.8. The largest absolute Gasteiger partial charge is 0.479 e. The number of hydrogen-bond acceptors (Lipinski definition) is 4. The molecule has 1 unspecified atom stereocenters. The fourth-order valence-corrected chi connectivity index (χ4v) is 3.59. The maximum absolute atomic E-state index is 12.7. The summed E-state index contributed by atoms with van der Waals surface area (Å²) in [6.07, 6.45) is 4.73. The fraction of sp³-hybridized carbons (Fsp3) is 0.571. The Bertz CT molecular complexity index is 743. The molecule has 0 saturated carbocycles. The highest BCUT2D eigenvalue weighted by atomic mass is 16.5. The molecule has 0 aromatic heterocycles. The molecule has 7 heteroatoms. The quantitative estimate of drug-likeness (QED) is 0.814. The van der Waals surface area contributed by atoms with Gasteiger partial charge < -0.3 is 15.0 Å². The molecular formula is C21H29N3O4. The van der Waals surface area contributed by atoms with Gasteiger partial charge in [0.05, 0.1) is 5.69 Å². The Labute approximate surface area is 166 Å². The van der Waals surface area contributed by atoms with Crippen LogP contribution in [-0.4, -0.2) is 48.4 Å². The smallest absolute Gasteiger partial charge is 0.268 e. The molecule has 0 spiro atoms. The summed E-state index contributed by atoms with van der Waals surface area (Å²) in [7, 11) is 0. The SMILES string of the molecule is CCCCC(=O)Nc1ccc2c(c1)N(CC(=O)N1CCCCC1)C(=O)C(C)O2. The Morgan fingerprint density at radius 1 is 1.21 bits per heavy atom. The van der Waals surface area contributed by atoms with Crippen LogP contribution in [0, 0.1) is 0 Å². The van der Waals surface area contributed by atoms with Gasteiger partial charge in [0.2, 0.25) is 11.8 Å². The predicted octanol–water partition coefficient (Wildman–Crippen LogP) is 2.94. The van der Waals surface area contributed by atoms with Crippen molar-refractivity contribution in [3.63, 3.8) is 0 Å². The first-order chi connectivity index (χ1) is 13.5. The van der Waals surface area contributed by atoms with Crippen LogP contribution in [-0.2, 0) is 14.4 Å². The van der Waals surface area contributed by atoms with Gasteiger partial charge in [-0.15, -0.1) is 0 Å². The van der Waals surface area contributed by atoms with Crippen molar-refractivity contribution >= 4 is 29.1 Å². The minimum absolute atomic E-state index is 0.00717. The number of benzene rings is 1. The zero-order chi connectivity index (χ0) is 20.1. The van der Waals surface area contributed by atoms with E-state index in [0.717, 1.165) is 45.2 Å². The summed E-state index contributed by atoms with van der Waals surface area (Å²) in [5.41, 5.74) is 1.13. The van der Waals surface area contributed by atoms with Gasteiger partial charge >= 0.3 is 0 Å². The third-order valence-electron chi connectivity index (χ3n) is 5.21. The van der Waals surface area contributed by atoms with Crippen LogP contribution in [0.2, 0.25) is 0 Å². The van der Waals surface area contributed by atoms with E-state index in [1.165, 1.54) is 4.90 Å². The number of rotatable bonds is 6. The summed E-state index contributed by atoms with van der Waals surface area (Å²) < 4.78 is 5.70. The molecule has 2 heterocycles. The van der Waals surface area contributed by atoms with Gasteiger partial charge in [-0.25, -0.2) is 0 Å². The molecule has 0 radical (unpaired) electrons. The molecule has 28 heavy (non-hydrogen) atoms. The van der Waals surface area contributed by atoms with E-state index in [9.17, 15) is 14.4 Å². The number of hydrogen-bond donors (Lipinski definition) is 1. The highest BCUT2D eigenvalue weighted by molar-refractivity contribution is 6.04. The number of piperidine rings is 1. The lowest BCUT2D eigenvalue weighted by molar-refractivity contribution is -0.133. The number of fused-ring (bicyclic) bond motifs is 1. The van der Waals surface area contributed by atoms with Crippen molar-refractivity contribution in [1.29, 1.82) is 0 Å². The average molecular weight is 387 g/mol. The van der Waals surface area contributed by atoms with Gasteiger partial charge in [-0.1, -0.05) is 13.3 Å². The van der Waals surface area contributed by atoms with Crippen LogP contribution in [0.4, 0.5) is 11.4 Å². The van der Waals surface area contributed by atoms with E-state index in [0.29, 0.717) is 23.5 Å². The van der Waals surface area contributed by atoms with E-state index in [2.05, 4.69) is 5.32 Å². The summed E-state index contributed by atoms with van der Waals surface area (Å²) in [5.74, 6) is 0.192. The number of unbranched alkanes of at least 4 members (excludes halogenated alkanes) is 1. The Hall–Kier alpha value is -2.57. The summed E-state index contributed by atoms with van der Waals surface area (Å²) in [6, 6.07) is 5.22. The molecule has 1 fully saturated rings. The molecule has 3 rings (SSSR count). The minimum atomic E-state index is -0.647. The monoisotopic (exact) mass is 387 g/mol. The van der Waals surface area contributed by atoms with Gasteiger partial charge in [0.15, 0.2) is 6.10 Å². The standard InChI is InChI=1S/C21H29N3O4/c1-3-4-8-19(25)22-16-9-10-18-17(13-16)24(21(27)15(2)28-18)14-20(26)23-11-6-5-7-12-23/h9-10,13,15H,3-8,11-12,14H2,1-2H3,(H,22,25). The van der Waals surface area contributed by atoms with Crippen molar-refractivity contribution in [2.45, 2.75) is 58.5 Å². The molecule has 3 amide bonds. The maximum Gasteiger partial charge on any atom is 0.268 e. The zero-order valence-electron chi connectivity index (χ0n) is 16.7. The first kappa shape index (κ1) is 20.2. The van der Waals surface area contributed by atoms with Crippen LogP contribution < -0.4 is 15.0 Å². The van der Waals surface area contributed by atoms with Gasteiger partial charge in [0.25, 0.3) is 5.91 Å². The van der Waals surface area contributed by atoms with Crippen LogP contribution in [0.25, 0.3) is 0 Å². The van der Waals surface area contributed by atoms with Gasteiger partial charge in [0, 0.05) is 25.2 Å². The number of likely N-dealkylation sites (tertiary alicyclic amines) is 1. The minimum Gasteiger partial charge on any atom is -0.479 e. The molecular weight excluding hydrogens is 358 g/mol. The number of carbonyl (C=O) groups is 3. The van der Waals surface area contributed by atoms with Gasteiger partial charge in [0.1, 0.15) is 12.3 Å². The normalized spacial score (nSPS) is 19.1. The van der Waals surface area contributed by atoms with Crippen molar-refractivity contribution in [2.24, 2.45) is 0 Å². The lowest BCUT2D eigenvalue weighted by Gasteiger charge is -2.35. The first-order valence-electron chi connectivity index (χ1n) is 10.2. The Morgan fingerprint density at radius 3 is 2.68 bits per heavy atom. The molecule has 1 saturated heterocycles. The Morgan fingerprint density at radius 2 is 1.96 bits per heavy atom. The zero-order valence-corrected chi connectivity index (χ0v) is 16.7. The average Bonchev–Trinajstić information content (AvgIpc) is 2.70. The summed E-state index contributed by atoms with van der Waals surface area (Å²) >= 11 is 0. The van der Waals surface area contributed by atoms with Crippen LogP contribution in [0.15, 0.2) is 18.2 Å². The Balaban J connectivity index is 1.78. The van der Waals surface area contributed by atoms with Crippen molar-refractivity contribution in [2.75, 3.05) is 29.9 Å². The van der Waals surface area contributed by atoms with Crippen LogP contribution in [0.1, 0.15) is 52.4 Å². The lowest BCUT2D eigenvalue weighted by Crippen LogP contribution is -2.50. The second-order valence-electron chi connectivity index (χ2n) is 7.46. The van der Waals surface area contributed by atoms with Crippen LogP contribution >= 0.6 is 0 Å². The van der Waals surface area contributed by atoms with Gasteiger partial charge in [-0.05, 0) is 50.8 Å². The molecule has 1 aromatic carbocycles. The number of ether oxygens (including phenoxy) is 1. The number of amides is 3. The topological polar surface area (TPSA) is 79.0 Å². The van der Waals surface area contributed by atoms with E-state index in [-0.39, 0.29) is 24.3 Å². The molecule has 0 aliphatic carbocycles. The number of anilines is 2. The summed E-state index contributed by atoms with van der Waals surface area (Å²) in [6.45, 7) is 5.20. The van der Waals surface area contributed by atoms with E-state index in [4.69, 9.17) is 4.74 Å². The van der Waals surface area contributed by atoms with Crippen LogP contribution in [0.5, 0.6) is 5.75 Å². The molecule has 0 bridgehead atoms. The molecule has 1 N–H and O–H groups in total. The van der Waals surface area contributed by atoms with Crippen molar-refractivity contribution < 1.29 is 19.1 Å². The number of carbonyl (C=O) groups excluding carboxylic acids is 3. The second-order valence-corrected chi connectivity index (χ2v) is 7.46. The maximum atomic E-state index is 12.7. The Kier molecular flexibility index (Phi) is 6.54. The van der Waals surface area contributed by atoms with Crippen molar-refractivity contribution in [3.05, 3.63) is 18.2 Å². The third kappa shape index (κ3) is 4.64. The molecule has 1 atom stereocenters. The van der Waals surface area contributed by atoms with E-state index >= 15 is 0 Å². The van der Waals surface area contributed by atoms with Gasteiger partial charge in [-0.2, -0.15) is 0 Å². The lowest BCUT2D eigenvalue weighted by atomic mass is 10.1. The van der Waals surface area contributed by atoms with E-state index < -0.39 is 6.10 Å². The fourth-order valence-electron chi connectivity index (χ4n) is 3.59. The van der Waals surface area contributed by atoms with E-state index in [1.807, 2.05) is 11.8 Å². The highest BCUT2D eigenvalue weighted by Gasteiger charge is 2.34. The second kappa shape index (κ2) is 9.08. The van der Waals surface area contributed by atoms with Crippen molar-refractivity contribution in [3.8, 4) is 5.75 Å². The summed E-state index contributed by atoms with van der Waals surface area (Å²) in [5, 5.41) is 2.86. The third-order valence-corrected chi connectivity index (χ3v) is 5.21. The number of nitrogens with one attached hydrogen (secondary N) is 1. The molecule has 2 aliphatic heterocycles. The van der Waals surface area contributed by atoms with Crippen LogP contribution in [0.3, 0.4) is 0 Å². The molecule has 2 aliphatic rings. The molecule has 7 nitrogen and oxygen atoms in total. The van der Waals surface area contributed by atoms with E-state index in [1.54, 1.807) is 25.1 Å². The predicted molar refractivity (Wildman–Crippen MR) is 107 cm³/mol. The highest BCUT2D eigenvalue weighted by Crippen LogP contribution is 2.36. The van der Waals surface area contributed by atoms with Crippen molar-refractivity contribution in [1.82, 2.24) is 4.90 Å².